The van der Waals surface area contributed by atoms with E-state index < -0.39 is 18.5 Å². The van der Waals surface area contributed by atoms with E-state index in [9.17, 15) is 14.7 Å². The topological polar surface area (TPSA) is 138 Å². The minimum Gasteiger partial charge on any atom is -0.394 e. The van der Waals surface area contributed by atoms with Gasteiger partial charge >= 0.3 is 0 Å². The number of nitrogens with two attached hydrogens (primary N) is 1. The first kappa shape index (κ1) is 23.0. The van der Waals surface area contributed by atoms with Crippen molar-refractivity contribution in [2.24, 2.45) is 0 Å². The Kier molecular flexibility index (Phi) is 7.47. The quantitative estimate of drug-likeness (QED) is 0.312. The second-order valence-electron chi connectivity index (χ2n) is 6.41. The summed E-state index contributed by atoms with van der Waals surface area (Å²) < 4.78 is 0. The SMILES string of the molecule is Nc1nc(Nc2ccc(C(=O)NCC(O)CO)cc2)sc1C(=O)c1c(Cl)cccc1Cl. The fraction of sp³-hybridized carbons (Fsp3) is 0.150. The van der Waals surface area contributed by atoms with Crippen LogP contribution in [0.25, 0.3) is 0 Å². The van der Waals surface area contributed by atoms with Crippen LogP contribution in [0.3, 0.4) is 0 Å². The smallest absolute Gasteiger partial charge is 0.251 e. The van der Waals surface area contributed by atoms with E-state index in [4.69, 9.17) is 34.0 Å². The molecule has 1 aromatic heterocycles. The van der Waals surface area contributed by atoms with Gasteiger partial charge in [-0.25, -0.2) is 4.98 Å². The number of aliphatic hydroxyl groups excluding tert-OH is 2. The molecule has 6 N–H and O–H groups in total. The summed E-state index contributed by atoms with van der Waals surface area (Å²) in [6.45, 7) is -0.493. The molecule has 0 saturated heterocycles. The van der Waals surface area contributed by atoms with E-state index in [0.29, 0.717) is 16.4 Å². The number of amides is 1. The van der Waals surface area contributed by atoms with Crippen molar-refractivity contribution in [3.8, 4) is 0 Å². The number of aromatic nitrogens is 1. The molecule has 0 aliphatic carbocycles. The predicted molar refractivity (Wildman–Crippen MR) is 122 cm³/mol. The van der Waals surface area contributed by atoms with Gasteiger partial charge in [-0.05, 0) is 36.4 Å². The van der Waals surface area contributed by atoms with Gasteiger partial charge in [-0.1, -0.05) is 40.6 Å². The number of anilines is 3. The van der Waals surface area contributed by atoms with Crippen molar-refractivity contribution in [3.63, 3.8) is 0 Å². The van der Waals surface area contributed by atoms with Gasteiger partial charge in [0.25, 0.3) is 5.91 Å². The highest BCUT2D eigenvalue weighted by atomic mass is 35.5. The van der Waals surface area contributed by atoms with E-state index in [0.717, 1.165) is 11.3 Å². The Morgan fingerprint density at radius 2 is 1.77 bits per heavy atom. The molecule has 1 atom stereocenters. The van der Waals surface area contributed by atoms with Crippen molar-refractivity contribution >= 4 is 62.9 Å². The lowest BCUT2D eigenvalue weighted by atomic mass is 10.1. The third-order valence-corrected chi connectivity index (χ3v) is 5.77. The molecule has 8 nitrogen and oxygen atoms in total. The average Bonchev–Trinajstić information content (AvgIpc) is 3.12. The summed E-state index contributed by atoms with van der Waals surface area (Å²) >= 11 is 13.3. The molecule has 0 radical (unpaired) electrons. The molecule has 3 aromatic rings. The number of nitrogens with one attached hydrogen (secondary N) is 2. The fourth-order valence-electron chi connectivity index (χ4n) is 2.58. The maximum absolute atomic E-state index is 12.8. The van der Waals surface area contributed by atoms with Gasteiger partial charge in [-0.2, -0.15) is 0 Å². The monoisotopic (exact) mass is 480 g/mol. The zero-order valence-electron chi connectivity index (χ0n) is 15.9. The Bertz CT molecular complexity index is 1080. The molecule has 0 bridgehead atoms. The molecule has 11 heteroatoms. The minimum atomic E-state index is -1.02. The molecular weight excluding hydrogens is 463 g/mol. The minimum absolute atomic E-state index is 0.0481. The molecule has 2 aromatic carbocycles. The first-order valence-corrected chi connectivity index (χ1v) is 10.6. The van der Waals surface area contributed by atoms with Crippen LogP contribution in [0.15, 0.2) is 42.5 Å². The van der Waals surface area contributed by atoms with Crippen LogP contribution in [0.5, 0.6) is 0 Å². The molecule has 3 rings (SSSR count). The second-order valence-corrected chi connectivity index (χ2v) is 8.22. The molecule has 31 heavy (non-hydrogen) atoms. The van der Waals surface area contributed by atoms with E-state index in [1.165, 1.54) is 0 Å². The summed E-state index contributed by atoms with van der Waals surface area (Å²) in [5.74, 6) is -0.760. The van der Waals surface area contributed by atoms with Crippen LogP contribution in [0.1, 0.15) is 25.6 Å². The van der Waals surface area contributed by atoms with Crippen LogP contribution in [0, 0.1) is 0 Å². The number of nitrogens with zero attached hydrogens (tertiary/aromatic N) is 1. The molecule has 1 amide bonds. The standard InChI is InChI=1S/C20H18Cl2N4O4S/c21-13-2-1-3-14(22)15(13)16(29)17-18(23)26-20(31-17)25-11-6-4-10(5-7-11)19(30)24-8-12(28)9-27/h1-7,12,27-28H,8-9,23H2,(H,24,30)(H,25,26). The number of nitrogen functional groups attached to an aromatic ring is 1. The summed E-state index contributed by atoms with van der Waals surface area (Å²) in [6, 6.07) is 11.2. The Morgan fingerprint density at radius 3 is 2.39 bits per heavy atom. The maximum Gasteiger partial charge on any atom is 0.251 e. The lowest BCUT2D eigenvalue weighted by Gasteiger charge is -2.09. The Morgan fingerprint density at radius 1 is 1.13 bits per heavy atom. The Labute approximate surface area is 191 Å². The van der Waals surface area contributed by atoms with Gasteiger partial charge in [0.2, 0.25) is 5.78 Å². The van der Waals surface area contributed by atoms with Gasteiger partial charge in [-0.3, -0.25) is 9.59 Å². The van der Waals surface area contributed by atoms with Crippen LogP contribution >= 0.6 is 34.5 Å². The number of carbonyl (C=O) groups excluding carboxylic acids is 2. The zero-order chi connectivity index (χ0) is 22.5. The van der Waals surface area contributed by atoms with E-state index in [1.807, 2.05) is 0 Å². The summed E-state index contributed by atoms with van der Waals surface area (Å²) in [5, 5.41) is 24.5. The maximum atomic E-state index is 12.8. The third kappa shape index (κ3) is 5.52. The lowest BCUT2D eigenvalue weighted by Crippen LogP contribution is -2.33. The normalized spacial score (nSPS) is 11.7. The molecule has 0 saturated carbocycles. The van der Waals surface area contributed by atoms with E-state index in [-0.39, 0.29) is 38.8 Å². The third-order valence-electron chi connectivity index (χ3n) is 4.16. The number of halogens is 2. The number of aliphatic hydroxyl groups is 2. The number of benzene rings is 2. The first-order valence-electron chi connectivity index (χ1n) is 8.99. The highest BCUT2D eigenvalue weighted by Gasteiger charge is 2.22. The highest BCUT2D eigenvalue weighted by molar-refractivity contribution is 7.18. The molecule has 0 spiro atoms. The Hall–Kier alpha value is -2.69. The molecule has 1 unspecified atom stereocenters. The number of rotatable bonds is 8. The van der Waals surface area contributed by atoms with E-state index in [1.54, 1.807) is 42.5 Å². The van der Waals surface area contributed by atoms with Crippen molar-refractivity contribution in [3.05, 3.63) is 68.5 Å². The summed E-state index contributed by atoms with van der Waals surface area (Å²) in [4.78, 5) is 29.3. The lowest BCUT2D eigenvalue weighted by molar-refractivity contribution is 0.0802. The molecule has 0 aliphatic rings. The van der Waals surface area contributed by atoms with Gasteiger partial charge in [-0.15, -0.1) is 0 Å². The van der Waals surface area contributed by atoms with Crippen LogP contribution in [0.4, 0.5) is 16.6 Å². The number of ketones is 1. The van der Waals surface area contributed by atoms with Crippen molar-refractivity contribution in [2.75, 3.05) is 24.2 Å². The molecule has 0 fully saturated rings. The van der Waals surface area contributed by atoms with E-state index in [2.05, 4.69) is 15.6 Å². The van der Waals surface area contributed by atoms with Crippen LogP contribution in [0.2, 0.25) is 10.0 Å². The van der Waals surface area contributed by atoms with Crippen molar-refractivity contribution in [1.29, 1.82) is 0 Å². The van der Waals surface area contributed by atoms with Gasteiger partial charge < -0.3 is 26.6 Å². The van der Waals surface area contributed by atoms with Gasteiger partial charge in [0.15, 0.2) is 5.13 Å². The average molecular weight is 481 g/mol. The summed E-state index contributed by atoms with van der Waals surface area (Å²) in [7, 11) is 0. The van der Waals surface area contributed by atoms with Crippen molar-refractivity contribution < 1.29 is 19.8 Å². The van der Waals surface area contributed by atoms with Crippen molar-refractivity contribution in [1.82, 2.24) is 10.3 Å². The largest absolute Gasteiger partial charge is 0.394 e. The van der Waals surface area contributed by atoms with Crippen LogP contribution in [-0.2, 0) is 0 Å². The van der Waals surface area contributed by atoms with Crippen LogP contribution in [-0.4, -0.2) is 46.1 Å². The molecule has 162 valence electrons. The van der Waals surface area contributed by atoms with Gasteiger partial charge in [0.05, 0.1) is 28.3 Å². The van der Waals surface area contributed by atoms with Crippen LogP contribution < -0.4 is 16.4 Å². The Balaban J connectivity index is 1.72. The van der Waals surface area contributed by atoms with Crippen molar-refractivity contribution in [2.45, 2.75) is 6.10 Å². The van der Waals surface area contributed by atoms with Gasteiger partial charge in [0, 0.05) is 17.8 Å². The fourth-order valence-corrected chi connectivity index (χ4v) is 4.00. The van der Waals surface area contributed by atoms with Gasteiger partial charge in [0.1, 0.15) is 10.7 Å². The number of thiazole rings is 1. The first-order chi connectivity index (χ1) is 14.8. The number of carbonyl (C=O) groups is 2. The summed E-state index contributed by atoms with van der Waals surface area (Å²) in [5.41, 5.74) is 7.08. The highest BCUT2D eigenvalue weighted by Crippen LogP contribution is 2.33. The molecule has 1 heterocycles. The summed E-state index contributed by atoms with van der Waals surface area (Å²) in [6.07, 6.45) is -1.02. The number of hydrogen-bond acceptors (Lipinski definition) is 8. The molecular formula is C20H18Cl2N4O4S. The number of hydrogen-bond donors (Lipinski definition) is 5. The zero-order valence-corrected chi connectivity index (χ0v) is 18.3. The molecule has 0 aliphatic heterocycles. The van der Waals surface area contributed by atoms with E-state index >= 15 is 0 Å². The predicted octanol–water partition coefficient (Wildman–Crippen LogP) is 3.09. The second kappa shape index (κ2) is 10.1.